The van der Waals surface area contributed by atoms with Gasteiger partial charge in [0.1, 0.15) is 0 Å². The lowest BCUT2D eigenvalue weighted by atomic mass is 9.71. The molecular formula is C16H22N2O3. The van der Waals surface area contributed by atoms with E-state index in [0.717, 1.165) is 30.4 Å². The minimum atomic E-state index is -0.865. The molecule has 0 saturated heterocycles. The van der Waals surface area contributed by atoms with Crippen molar-refractivity contribution in [2.24, 2.45) is 5.41 Å². The topological polar surface area (TPSA) is 79.3 Å². The number of aliphatic carboxylic acids is 1. The van der Waals surface area contributed by atoms with Gasteiger partial charge in [-0.1, -0.05) is 19.3 Å². The van der Waals surface area contributed by atoms with Crippen molar-refractivity contribution in [3.05, 3.63) is 29.6 Å². The maximum Gasteiger partial charge on any atom is 0.310 e. The monoisotopic (exact) mass is 290 g/mol. The number of nitrogens with one attached hydrogen (secondary N) is 1. The fourth-order valence-electron chi connectivity index (χ4n) is 2.96. The number of aryl methyl sites for hydroxylation is 1. The second kappa shape index (κ2) is 6.70. The maximum atomic E-state index is 12.1. The van der Waals surface area contributed by atoms with E-state index < -0.39 is 11.4 Å². The standard InChI is InChI=1S/C16H22N2O3/c1-12-10-17-8-5-13(12)11-18-14(19)9-16(15(20)21)6-3-2-4-7-16/h5,8,10H,2-4,6-7,9,11H2,1H3,(H,18,19)(H,20,21). The molecule has 21 heavy (non-hydrogen) atoms. The highest BCUT2D eigenvalue weighted by atomic mass is 16.4. The van der Waals surface area contributed by atoms with Crippen LogP contribution < -0.4 is 5.32 Å². The van der Waals surface area contributed by atoms with Crippen LogP contribution in [0.25, 0.3) is 0 Å². The summed E-state index contributed by atoms with van der Waals surface area (Å²) in [5.41, 5.74) is 1.16. The van der Waals surface area contributed by atoms with Crippen molar-refractivity contribution in [1.82, 2.24) is 10.3 Å². The Hall–Kier alpha value is -1.91. The highest BCUT2D eigenvalue weighted by Crippen LogP contribution is 2.39. The van der Waals surface area contributed by atoms with Gasteiger partial charge in [-0.3, -0.25) is 14.6 Å². The van der Waals surface area contributed by atoms with Crippen LogP contribution in [-0.4, -0.2) is 22.0 Å². The first kappa shape index (κ1) is 15.5. The summed E-state index contributed by atoms with van der Waals surface area (Å²) in [7, 11) is 0. The molecule has 1 aliphatic carbocycles. The Bertz CT molecular complexity index is 522. The molecule has 1 aliphatic rings. The molecule has 0 aromatic carbocycles. The largest absolute Gasteiger partial charge is 0.481 e. The number of carboxylic acids is 1. The maximum absolute atomic E-state index is 12.1. The normalized spacial score (nSPS) is 17.2. The van der Waals surface area contributed by atoms with Gasteiger partial charge in [0.25, 0.3) is 0 Å². The number of carbonyl (C=O) groups is 2. The lowest BCUT2D eigenvalue weighted by molar-refractivity contribution is -0.154. The molecule has 0 atom stereocenters. The number of hydrogen-bond acceptors (Lipinski definition) is 3. The molecule has 5 nitrogen and oxygen atoms in total. The molecule has 0 spiro atoms. The summed E-state index contributed by atoms with van der Waals surface area (Å²) in [5.74, 6) is -1.02. The van der Waals surface area contributed by atoms with E-state index in [0.29, 0.717) is 19.4 Å². The number of pyridine rings is 1. The van der Waals surface area contributed by atoms with E-state index in [9.17, 15) is 14.7 Å². The highest BCUT2D eigenvalue weighted by Gasteiger charge is 2.41. The van der Waals surface area contributed by atoms with E-state index in [1.807, 2.05) is 13.0 Å². The van der Waals surface area contributed by atoms with Crippen molar-refractivity contribution in [3.8, 4) is 0 Å². The van der Waals surface area contributed by atoms with Gasteiger partial charge in [-0.2, -0.15) is 0 Å². The molecule has 1 heterocycles. The van der Waals surface area contributed by atoms with Crippen LogP contribution in [0, 0.1) is 12.3 Å². The quantitative estimate of drug-likeness (QED) is 0.873. The molecule has 0 unspecified atom stereocenters. The smallest absolute Gasteiger partial charge is 0.310 e. The van der Waals surface area contributed by atoms with Gasteiger partial charge in [0.2, 0.25) is 5.91 Å². The molecule has 2 rings (SSSR count). The van der Waals surface area contributed by atoms with Crippen LogP contribution in [0.2, 0.25) is 0 Å². The van der Waals surface area contributed by atoms with Gasteiger partial charge >= 0.3 is 5.97 Å². The van der Waals surface area contributed by atoms with E-state index in [2.05, 4.69) is 10.3 Å². The first-order chi connectivity index (χ1) is 10.0. The fraction of sp³-hybridized carbons (Fsp3) is 0.562. The van der Waals surface area contributed by atoms with Crippen molar-refractivity contribution in [2.45, 2.75) is 52.0 Å². The first-order valence-electron chi connectivity index (χ1n) is 7.43. The fourth-order valence-corrected chi connectivity index (χ4v) is 2.96. The van der Waals surface area contributed by atoms with Crippen LogP contribution in [0.3, 0.4) is 0 Å². The molecule has 0 bridgehead atoms. The average Bonchev–Trinajstić information content (AvgIpc) is 2.47. The molecule has 1 aromatic rings. The summed E-state index contributed by atoms with van der Waals surface area (Å²) in [4.78, 5) is 27.7. The summed E-state index contributed by atoms with van der Waals surface area (Å²) >= 11 is 0. The number of amides is 1. The zero-order chi connectivity index (χ0) is 15.3. The third-order valence-corrected chi connectivity index (χ3v) is 4.38. The van der Waals surface area contributed by atoms with Crippen molar-refractivity contribution in [1.29, 1.82) is 0 Å². The Labute approximate surface area is 124 Å². The molecule has 1 amide bonds. The SMILES string of the molecule is Cc1cnccc1CNC(=O)CC1(C(=O)O)CCCCC1. The van der Waals surface area contributed by atoms with Gasteiger partial charge in [-0.05, 0) is 37.0 Å². The Morgan fingerprint density at radius 1 is 1.33 bits per heavy atom. The van der Waals surface area contributed by atoms with Crippen LogP contribution in [0.5, 0.6) is 0 Å². The molecule has 1 saturated carbocycles. The second-order valence-electron chi connectivity index (χ2n) is 5.90. The molecule has 1 aromatic heterocycles. The lowest BCUT2D eigenvalue weighted by Crippen LogP contribution is -2.39. The third-order valence-electron chi connectivity index (χ3n) is 4.38. The Morgan fingerprint density at radius 2 is 2.05 bits per heavy atom. The third kappa shape index (κ3) is 3.80. The van der Waals surface area contributed by atoms with Gasteiger partial charge in [-0.15, -0.1) is 0 Å². The molecule has 0 radical (unpaired) electrons. The van der Waals surface area contributed by atoms with Crippen LogP contribution in [0.4, 0.5) is 0 Å². The number of rotatable bonds is 5. The number of carboxylic acid groups (broad SMARTS) is 1. The summed E-state index contributed by atoms with van der Waals surface area (Å²) in [6.07, 6.45) is 7.56. The lowest BCUT2D eigenvalue weighted by Gasteiger charge is -2.32. The Morgan fingerprint density at radius 3 is 2.67 bits per heavy atom. The predicted octanol–water partition coefficient (Wildman–Crippen LogP) is 2.43. The first-order valence-corrected chi connectivity index (χ1v) is 7.43. The van der Waals surface area contributed by atoms with Crippen molar-refractivity contribution in [3.63, 3.8) is 0 Å². The van der Waals surface area contributed by atoms with E-state index >= 15 is 0 Å². The molecule has 2 N–H and O–H groups in total. The van der Waals surface area contributed by atoms with E-state index in [4.69, 9.17) is 0 Å². The predicted molar refractivity (Wildman–Crippen MR) is 78.6 cm³/mol. The van der Waals surface area contributed by atoms with Crippen LogP contribution in [-0.2, 0) is 16.1 Å². The minimum absolute atomic E-state index is 0.0759. The summed E-state index contributed by atoms with van der Waals surface area (Å²) in [5, 5.41) is 12.3. The zero-order valence-corrected chi connectivity index (χ0v) is 12.4. The zero-order valence-electron chi connectivity index (χ0n) is 12.4. The molecular weight excluding hydrogens is 268 g/mol. The molecule has 5 heteroatoms. The average molecular weight is 290 g/mol. The molecule has 0 aliphatic heterocycles. The van der Waals surface area contributed by atoms with Crippen LogP contribution >= 0.6 is 0 Å². The van der Waals surface area contributed by atoms with Gasteiger partial charge in [0, 0.05) is 25.4 Å². The number of hydrogen-bond donors (Lipinski definition) is 2. The van der Waals surface area contributed by atoms with Gasteiger partial charge < -0.3 is 10.4 Å². The number of aromatic nitrogens is 1. The van der Waals surface area contributed by atoms with E-state index in [1.54, 1.807) is 12.4 Å². The van der Waals surface area contributed by atoms with Gasteiger partial charge in [0.15, 0.2) is 0 Å². The van der Waals surface area contributed by atoms with Crippen LogP contribution in [0.1, 0.15) is 49.7 Å². The van der Waals surface area contributed by atoms with E-state index in [-0.39, 0.29) is 12.3 Å². The highest BCUT2D eigenvalue weighted by molar-refractivity contribution is 5.85. The summed E-state index contributed by atoms with van der Waals surface area (Å²) in [6.45, 7) is 2.36. The van der Waals surface area contributed by atoms with E-state index in [1.165, 1.54) is 0 Å². The molecule has 1 fully saturated rings. The molecule has 114 valence electrons. The van der Waals surface area contributed by atoms with Crippen molar-refractivity contribution >= 4 is 11.9 Å². The minimum Gasteiger partial charge on any atom is -0.481 e. The van der Waals surface area contributed by atoms with Crippen molar-refractivity contribution < 1.29 is 14.7 Å². The summed E-state index contributed by atoms with van der Waals surface area (Å²) < 4.78 is 0. The number of nitrogens with zero attached hydrogens (tertiary/aromatic N) is 1. The number of carbonyl (C=O) groups excluding carboxylic acids is 1. The Kier molecular flexibility index (Phi) is 4.94. The van der Waals surface area contributed by atoms with Gasteiger partial charge in [0.05, 0.1) is 5.41 Å². The van der Waals surface area contributed by atoms with Crippen molar-refractivity contribution in [2.75, 3.05) is 0 Å². The van der Waals surface area contributed by atoms with Crippen LogP contribution in [0.15, 0.2) is 18.5 Å². The summed E-state index contributed by atoms with van der Waals surface area (Å²) in [6, 6.07) is 1.86. The Balaban J connectivity index is 1.94. The van der Waals surface area contributed by atoms with Gasteiger partial charge in [-0.25, -0.2) is 0 Å². The second-order valence-corrected chi connectivity index (χ2v) is 5.90.